The van der Waals surface area contributed by atoms with Gasteiger partial charge >= 0.3 is 0 Å². The first kappa shape index (κ1) is 12.0. The molecule has 2 aliphatic carbocycles. The van der Waals surface area contributed by atoms with Crippen molar-refractivity contribution in [1.82, 2.24) is 0 Å². The van der Waals surface area contributed by atoms with Gasteiger partial charge in [0.25, 0.3) is 5.69 Å². The topological polar surface area (TPSA) is 43.1 Å². The molecule has 0 aliphatic heterocycles. The van der Waals surface area contributed by atoms with Gasteiger partial charge in [0.2, 0.25) is 0 Å². The fraction of sp³-hybridized carbons (Fsp3) is 0.571. The van der Waals surface area contributed by atoms with E-state index in [4.69, 9.17) is 11.6 Å². The number of para-hydroxylation sites is 1. The van der Waals surface area contributed by atoms with E-state index in [9.17, 15) is 10.1 Å². The standard InChI is InChI=1S/C14H16ClNO2/c15-13(12-6-10-5-11(10)7-12)8-9-3-1-2-4-14(9)16(17)18/h1-4,10-13H,5-8H2. The second-order valence-corrected chi connectivity index (χ2v) is 6.15. The predicted molar refractivity (Wildman–Crippen MR) is 70.8 cm³/mol. The molecular weight excluding hydrogens is 250 g/mol. The fourth-order valence-corrected chi connectivity index (χ4v) is 3.67. The molecule has 3 rings (SSSR count). The third-order valence-corrected chi connectivity index (χ3v) is 4.91. The van der Waals surface area contributed by atoms with Gasteiger partial charge in [0.1, 0.15) is 0 Å². The van der Waals surface area contributed by atoms with Crippen molar-refractivity contribution < 1.29 is 4.92 Å². The summed E-state index contributed by atoms with van der Waals surface area (Å²) in [6, 6.07) is 6.93. The molecule has 0 amide bonds. The quantitative estimate of drug-likeness (QED) is 0.472. The number of nitrogens with zero attached hydrogens (tertiary/aromatic N) is 1. The molecule has 96 valence electrons. The Kier molecular flexibility index (Phi) is 3.02. The Morgan fingerprint density at radius 1 is 1.28 bits per heavy atom. The average Bonchev–Trinajstić information content (AvgIpc) is 2.96. The lowest BCUT2D eigenvalue weighted by Crippen LogP contribution is -2.16. The van der Waals surface area contributed by atoms with Crippen LogP contribution in [-0.2, 0) is 6.42 Å². The lowest BCUT2D eigenvalue weighted by Gasteiger charge is -2.18. The van der Waals surface area contributed by atoms with Crippen LogP contribution in [0.15, 0.2) is 24.3 Å². The summed E-state index contributed by atoms with van der Waals surface area (Å²) in [5.74, 6) is 2.36. The molecule has 1 aromatic carbocycles. The molecule has 0 aromatic heterocycles. The molecular formula is C14H16ClNO2. The Morgan fingerprint density at radius 3 is 2.61 bits per heavy atom. The number of rotatable bonds is 4. The normalized spacial score (nSPS) is 30.8. The number of nitro groups is 1. The van der Waals surface area contributed by atoms with E-state index in [1.165, 1.54) is 19.3 Å². The van der Waals surface area contributed by atoms with Crippen LogP contribution in [0.5, 0.6) is 0 Å². The Balaban J connectivity index is 1.70. The van der Waals surface area contributed by atoms with Gasteiger partial charge in [-0.1, -0.05) is 18.2 Å². The maximum absolute atomic E-state index is 10.9. The van der Waals surface area contributed by atoms with Crippen molar-refractivity contribution in [3.05, 3.63) is 39.9 Å². The minimum atomic E-state index is -0.314. The highest BCUT2D eigenvalue weighted by Crippen LogP contribution is 2.56. The summed E-state index contributed by atoms with van der Waals surface area (Å²) < 4.78 is 0. The highest BCUT2D eigenvalue weighted by Gasteiger charge is 2.47. The summed E-state index contributed by atoms with van der Waals surface area (Å²) in [4.78, 5) is 10.6. The highest BCUT2D eigenvalue weighted by molar-refractivity contribution is 6.21. The van der Waals surface area contributed by atoms with Crippen molar-refractivity contribution in [2.24, 2.45) is 17.8 Å². The van der Waals surface area contributed by atoms with Gasteiger partial charge < -0.3 is 0 Å². The lowest BCUT2D eigenvalue weighted by molar-refractivity contribution is -0.385. The predicted octanol–water partition coefficient (Wildman–Crippen LogP) is 3.79. The number of benzene rings is 1. The molecule has 2 aliphatic rings. The number of fused-ring (bicyclic) bond motifs is 1. The summed E-state index contributed by atoms with van der Waals surface area (Å²) in [6.07, 6.45) is 4.44. The lowest BCUT2D eigenvalue weighted by atomic mass is 9.94. The van der Waals surface area contributed by atoms with Gasteiger partial charge in [0.15, 0.2) is 0 Å². The van der Waals surface area contributed by atoms with Gasteiger partial charge in [-0.2, -0.15) is 0 Å². The molecule has 0 saturated heterocycles. The molecule has 0 spiro atoms. The Bertz CT molecular complexity index is 467. The minimum Gasteiger partial charge on any atom is -0.258 e. The Morgan fingerprint density at radius 2 is 1.94 bits per heavy atom. The van der Waals surface area contributed by atoms with Gasteiger partial charge in [-0.3, -0.25) is 10.1 Å². The summed E-state index contributed by atoms with van der Waals surface area (Å²) >= 11 is 6.46. The Hall–Kier alpha value is -1.09. The first-order chi connectivity index (χ1) is 8.65. The Labute approximate surface area is 111 Å². The first-order valence-electron chi connectivity index (χ1n) is 6.51. The van der Waals surface area contributed by atoms with E-state index in [0.29, 0.717) is 12.3 Å². The van der Waals surface area contributed by atoms with Crippen molar-refractivity contribution in [3.63, 3.8) is 0 Å². The molecule has 0 bridgehead atoms. The summed E-state index contributed by atoms with van der Waals surface area (Å²) in [6.45, 7) is 0. The van der Waals surface area contributed by atoms with Gasteiger partial charge in [0.05, 0.1) is 4.92 Å². The third-order valence-electron chi connectivity index (χ3n) is 4.39. The van der Waals surface area contributed by atoms with Crippen LogP contribution < -0.4 is 0 Å². The summed E-state index contributed by atoms with van der Waals surface area (Å²) in [5, 5.41) is 11.0. The molecule has 18 heavy (non-hydrogen) atoms. The van der Waals surface area contributed by atoms with Crippen LogP contribution in [0.25, 0.3) is 0 Å². The van der Waals surface area contributed by atoms with Crippen LogP contribution in [0.3, 0.4) is 0 Å². The maximum Gasteiger partial charge on any atom is 0.272 e. The van der Waals surface area contributed by atoms with E-state index in [1.807, 2.05) is 12.1 Å². The molecule has 0 N–H and O–H groups in total. The molecule has 2 fully saturated rings. The number of hydrogen-bond donors (Lipinski definition) is 0. The fourth-order valence-electron chi connectivity index (χ4n) is 3.30. The molecule has 1 aromatic rings. The van der Waals surface area contributed by atoms with Gasteiger partial charge in [-0.05, 0) is 43.4 Å². The summed E-state index contributed by atoms with van der Waals surface area (Å²) in [5.41, 5.74) is 0.967. The van der Waals surface area contributed by atoms with Crippen molar-refractivity contribution >= 4 is 17.3 Å². The zero-order valence-corrected chi connectivity index (χ0v) is 10.8. The molecule has 2 saturated carbocycles. The van der Waals surface area contributed by atoms with Crippen LogP contribution >= 0.6 is 11.6 Å². The minimum absolute atomic E-state index is 0.0406. The summed E-state index contributed by atoms with van der Waals surface area (Å²) in [7, 11) is 0. The zero-order chi connectivity index (χ0) is 12.7. The second-order valence-electron chi connectivity index (χ2n) is 5.59. The number of hydrogen-bond acceptors (Lipinski definition) is 2. The smallest absolute Gasteiger partial charge is 0.258 e. The molecule has 0 heterocycles. The van der Waals surface area contributed by atoms with E-state index in [2.05, 4.69) is 0 Å². The van der Waals surface area contributed by atoms with Crippen molar-refractivity contribution in [3.8, 4) is 0 Å². The van der Waals surface area contributed by atoms with E-state index < -0.39 is 0 Å². The van der Waals surface area contributed by atoms with E-state index in [0.717, 1.165) is 17.4 Å². The first-order valence-corrected chi connectivity index (χ1v) is 6.95. The molecule has 3 unspecified atom stereocenters. The van der Waals surface area contributed by atoms with Crippen LogP contribution in [0, 0.1) is 27.9 Å². The number of alkyl halides is 1. The monoisotopic (exact) mass is 265 g/mol. The second kappa shape index (κ2) is 4.54. The molecule has 0 radical (unpaired) electrons. The maximum atomic E-state index is 10.9. The van der Waals surface area contributed by atoms with Crippen molar-refractivity contribution in [2.75, 3.05) is 0 Å². The number of nitro benzene ring substituents is 1. The van der Waals surface area contributed by atoms with Gasteiger partial charge in [0, 0.05) is 17.0 Å². The molecule has 3 nitrogen and oxygen atoms in total. The SMILES string of the molecule is O=[N+]([O-])c1ccccc1CC(Cl)C1CC2CC2C1. The van der Waals surface area contributed by atoms with Crippen LogP contribution in [0.2, 0.25) is 0 Å². The average molecular weight is 266 g/mol. The highest BCUT2D eigenvalue weighted by atomic mass is 35.5. The van der Waals surface area contributed by atoms with E-state index >= 15 is 0 Å². The van der Waals surface area contributed by atoms with Crippen LogP contribution in [0.4, 0.5) is 5.69 Å². The van der Waals surface area contributed by atoms with E-state index in [1.54, 1.807) is 12.1 Å². The molecule has 3 atom stereocenters. The van der Waals surface area contributed by atoms with Gasteiger partial charge in [-0.25, -0.2) is 0 Å². The van der Waals surface area contributed by atoms with Crippen molar-refractivity contribution in [2.45, 2.75) is 31.1 Å². The van der Waals surface area contributed by atoms with Gasteiger partial charge in [-0.15, -0.1) is 11.6 Å². The van der Waals surface area contributed by atoms with Crippen molar-refractivity contribution in [1.29, 1.82) is 0 Å². The van der Waals surface area contributed by atoms with E-state index in [-0.39, 0.29) is 16.0 Å². The largest absolute Gasteiger partial charge is 0.272 e. The third kappa shape index (κ3) is 2.24. The van der Waals surface area contributed by atoms with Crippen LogP contribution in [-0.4, -0.2) is 10.3 Å². The zero-order valence-electron chi connectivity index (χ0n) is 10.1. The number of halogens is 1. The molecule has 4 heteroatoms. The van der Waals surface area contributed by atoms with Crippen LogP contribution in [0.1, 0.15) is 24.8 Å².